The van der Waals surface area contributed by atoms with Crippen molar-refractivity contribution in [3.8, 4) is 5.75 Å². The molecule has 0 bridgehead atoms. The molecule has 1 aliphatic rings. The van der Waals surface area contributed by atoms with E-state index in [0.29, 0.717) is 17.1 Å². The van der Waals surface area contributed by atoms with E-state index in [1.54, 1.807) is 36.4 Å². The van der Waals surface area contributed by atoms with E-state index in [1.807, 2.05) is 18.2 Å². The van der Waals surface area contributed by atoms with Gasteiger partial charge in [-0.2, -0.15) is 0 Å². The Labute approximate surface area is 127 Å². The highest BCUT2D eigenvalue weighted by Gasteiger charge is 2.47. The minimum absolute atomic E-state index is 0.458. The summed E-state index contributed by atoms with van der Waals surface area (Å²) in [6, 6.07) is 16.1. The lowest BCUT2D eigenvalue weighted by molar-refractivity contribution is -0.146. The summed E-state index contributed by atoms with van der Waals surface area (Å²) in [6.45, 7) is 1.43. The number of para-hydroxylation sites is 3. The molecule has 0 aliphatic carbocycles. The summed E-state index contributed by atoms with van der Waals surface area (Å²) in [5.41, 5.74) is 4.86. The van der Waals surface area contributed by atoms with Crippen molar-refractivity contribution in [2.45, 2.75) is 12.5 Å². The van der Waals surface area contributed by atoms with Crippen LogP contribution in [-0.2, 0) is 9.59 Å². The molecular weight excluding hydrogens is 282 g/mol. The topological polar surface area (TPSA) is 79.5 Å². The molecular formula is C16H15N3O3. The Morgan fingerprint density at radius 2 is 1.77 bits per heavy atom. The lowest BCUT2D eigenvalue weighted by atomic mass is 10.0. The van der Waals surface area contributed by atoms with E-state index in [9.17, 15) is 9.59 Å². The van der Waals surface area contributed by atoms with Crippen molar-refractivity contribution in [1.82, 2.24) is 5.43 Å². The van der Waals surface area contributed by atoms with Gasteiger partial charge in [-0.3, -0.25) is 20.4 Å². The number of hydrazine groups is 1. The summed E-state index contributed by atoms with van der Waals surface area (Å²) in [7, 11) is 0. The fourth-order valence-corrected chi connectivity index (χ4v) is 2.09. The number of carbonyl (C=O) groups excluding carboxylic acids is 2. The van der Waals surface area contributed by atoms with Gasteiger partial charge in [0.1, 0.15) is 5.75 Å². The molecule has 1 unspecified atom stereocenters. The smallest absolute Gasteiger partial charge is 0.292 e. The van der Waals surface area contributed by atoms with Gasteiger partial charge in [0.15, 0.2) is 0 Å². The van der Waals surface area contributed by atoms with Crippen molar-refractivity contribution in [2.24, 2.45) is 0 Å². The molecule has 1 aliphatic heterocycles. The van der Waals surface area contributed by atoms with Gasteiger partial charge in [-0.25, -0.2) is 0 Å². The van der Waals surface area contributed by atoms with Gasteiger partial charge in [-0.1, -0.05) is 30.3 Å². The molecule has 2 aromatic carbocycles. The highest BCUT2D eigenvalue weighted by molar-refractivity contribution is 6.15. The zero-order chi connectivity index (χ0) is 15.6. The first-order chi connectivity index (χ1) is 10.6. The van der Waals surface area contributed by atoms with Crippen LogP contribution < -0.4 is 20.9 Å². The van der Waals surface area contributed by atoms with E-state index in [2.05, 4.69) is 16.2 Å². The van der Waals surface area contributed by atoms with Crippen molar-refractivity contribution in [3.05, 3.63) is 54.6 Å². The molecule has 3 N–H and O–H groups in total. The van der Waals surface area contributed by atoms with Crippen LogP contribution in [0, 0.1) is 0 Å². The second kappa shape index (κ2) is 5.40. The van der Waals surface area contributed by atoms with Gasteiger partial charge in [0, 0.05) is 0 Å². The molecule has 6 heteroatoms. The summed E-state index contributed by atoms with van der Waals surface area (Å²) < 4.78 is 5.62. The minimum atomic E-state index is -1.64. The van der Waals surface area contributed by atoms with Crippen LogP contribution in [0.5, 0.6) is 5.75 Å². The fraction of sp³-hybridized carbons (Fsp3) is 0.125. The first kappa shape index (κ1) is 13.9. The second-order valence-electron chi connectivity index (χ2n) is 5.03. The number of carbonyl (C=O) groups is 2. The van der Waals surface area contributed by atoms with Gasteiger partial charge in [-0.15, -0.1) is 0 Å². The molecule has 0 radical (unpaired) electrons. The third-order valence-corrected chi connectivity index (χ3v) is 3.41. The van der Waals surface area contributed by atoms with Crippen molar-refractivity contribution in [2.75, 3.05) is 10.7 Å². The molecule has 0 saturated carbocycles. The largest absolute Gasteiger partial charge is 0.465 e. The zero-order valence-corrected chi connectivity index (χ0v) is 11.9. The van der Waals surface area contributed by atoms with Crippen molar-refractivity contribution in [3.63, 3.8) is 0 Å². The number of benzene rings is 2. The Bertz CT molecular complexity index is 718. The summed E-state index contributed by atoms with van der Waals surface area (Å²) in [4.78, 5) is 24.6. The van der Waals surface area contributed by atoms with Crippen LogP contribution in [-0.4, -0.2) is 17.4 Å². The molecule has 22 heavy (non-hydrogen) atoms. The lowest BCUT2D eigenvalue weighted by Crippen LogP contribution is -2.59. The Balaban J connectivity index is 1.75. The average molecular weight is 297 g/mol. The molecule has 2 amide bonds. The summed E-state index contributed by atoms with van der Waals surface area (Å²) >= 11 is 0. The van der Waals surface area contributed by atoms with E-state index in [-0.39, 0.29) is 0 Å². The number of hydrogen-bond acceptors (Lipinski definition) is 4. The number of ether oxygens (including phenoxy) is 1. The van der Waals surface area contributed by atoms with Gasteiger partial charge >= 0.3 is 0 Å². The number of hydrogen-bond donors (Lipinski definition) is 3. The predicted molar refractivity (Wildman–Crippen MR) is 82.3 cm³/mol. The average Bonchev–Trinajstić information content (AvgIpc) is 2.54. The molecule has 0 fully saturated rings. The normalized spacial score (nSPS) is 19.4. The fourth-order valence-electron chi connectivity index (χ4n) is 2.09. The Hall–Kier alpha value is -3.02. The van der Waals surface area contributed by atoms with Crippen LogP contribution in [0.3, 0.4) is 0 Å². The predicted octanol–water partition coefficient (Wildman–Crippen LogP) is 1.92. The van der Waals surface area contributed by atoms with Crippen molar-refractivity contribution < 1.29 is 14.3 Å². The lowest BCUT2D eigenvalue weighted by Gasteiger charge is -2.33. The number of fused-ring (bicyclic) bond motifs is 1. The minimum Gasteiger partial charge on any atom is -0.465 e. The van der Waals surface area contributed by atoms with Gasteiger partial charge in [0.2, 0.25) is 0 Å². The van der Waals surface area contributed by atoms with Crippen molar-refractivity contribution >= 4 is 23.2 Å². The Morgan fingerprint density at radius 1 is 1.09 bits per heavy atom. The molecule has 1 heterocycles. The van der Waals surface area contributed by atoms with Gasteiger partial charge in [0.05, 0.1) is 11.4 Å². The van der Waals surface area contributed by atoms with E-state index >= 15 is 0 Å². The third kappa shape index (κ3) is 2.46. The second-order valence-corrected chi connectivity index (χ2v) is 5.03. The molecule has 0 spiro atoms. The van der Waals surface area contributed by atoms with Crippen LogP contribution in [0.15, 0.2) is 54.6 Å². The van der Waals surface area contributed by atoms with E-state index in [0.717, 1.165) is 0 Å². The van der Waals surface area contributed by atoms with Crippen LogP contribution >= 0.6 is 0 Å². The van der Waals surface area contributed by atoms with E-state index in [4.69, 9.17) is 4.74 Å². The van der Waals surface area contributed by atoms with Crippen molar-refractivity contribution in [1.29, 1.82) is 0 Å². The quantitative estimate of drug-likeness (QED) is 0.597. The van der Waals surface area contributed by atoms with Crippen LogP contribution in [0.25, 0.3) is 0 Å². The number of anilines is 2. The summed E-state index contributed by atoms with van der Waals surface area (Å²) in [5, 5.41) is 2.68. The first-order valence-corrected chi connectivity index (χ1v) is 6.80. The van der Waals surface area contributed by atoms with E-state index < -0.39 is 17.4 Å². The maximum atomic E-state index is 12.4. The molecule has 6 nitrogen and oxygen atoms in total. The molecule has 3 rings (SSSR count). The summed E-state index contributed by atoms with van der Waals surface area (Å²) in [6.07, 6.45) is 0. The maximum absolute atomic E-state index is 12.4. The number of rotatable bonds is 3. The van der Waals surface area contributed by atoms with E-state index in [1.165, 1.54) is 6.92 Å². The monoisotopic (exact) mass is 297 g/mol. The number of nitrogens with one attached hydrogen (secondary N) is 3. The van der Waals surface area contributed by atoms with Gasteiger partial charge in [-0.05, 0) is 31.2 Å². The first-order valence-electron chi connectivity index (χ1n) is 6.80. The molecule has 1 atom stereocenters. The molecule has 0 aromatic heterocycles. The third-order valence-electron chi connectivity index (χ3n) is 3.41. The standard InChI is InChI=1S/C16H15N3O3/c1-16(15(21)19-18-11-7-3-2-4-8-11)14(20)17-12-9-5-6-10-13(12)22-16/h2-10,18H,1H3,(H,17,20)(H,19,21). The maximum Gasteiger partial charge on any atom is 0.292 e. The highest BCUT2D eigenvalue weighted by atomic mass is 16.5. The summed E-state index contributed by atoms with van der Waals surface area (Å²) in [5.74, 6) is -0.638. The molecule has 0 saturated heterocycles. The Morgan fingerprint density at radius 3 is 2.55 bits per heavy atom. The Kier molecular flexibility index (Phi) is 3.42. The van der Waals surface area contributed by atoms with Crippen LogP contribution in [0.1, 0.15) is 6.92 Å². The highest BCUT2D eigenvalue weighted by Crippen LogP contribution is 2.33. The van der Waals surface area contributed by atoms with Gasteiger partial charge in [0.25, 0.3) is 17.4 Å². The van der Waals surface area contributed by atoms with Gasteiger partial charge < -0.3 is 10.1 Å². The van der Waals surface area contributed by atoms with Crippen LogP contribution in [0.4, 0.5) is 11.4 Å². The number of amides is 2. The zero-order valence-electron chi connectivity index (χ0n) is 11.9. The SMILES string of the molecule is CC1(C(=O)NNc2ccccc2)Oc2ccccc2NC1=O. The molecule has 112 valence electrons. The van der Waals surface area contributed by atoms with Crippen LogP contribution in [0.2, 0.25) is 0 Å². The molecule has 2 aromatic rings.